The number of rotatable bonds is 2. The van der Waals surface area contributed by atoms with Gasteiger partial charge < -0.3 is 5.73 Å². The maximum absolute atomic E-state index is 11.4. The van der Waals surface area contributed by atoms with Gasteiger partial charge in [-0.25, -0.2) is 12.7 Å². The number of nitrogens with zero attached hydrogens (tertiary/aromatic N) is 3. The Kier molecular flexibility index (Phi) is 3.33. The van der Waals surface area contributed by atoms with Crippen LogP contribution in [0.2, 0.25) is 5.15 Å². The van der Waals surface area contributed by atoms with Gasteiger partial charge in [-0.1, -0.05) is 11.6 Å². The minimum Gasteiger partial charge on any atom is -0.395 e. The molecule has 8 heteroatoms. The average Bonchev–Trinajstić information content (AvgIpc) is 2.58. The Morgan fingerprint density at radius 2 is 2.06 bits per heavy atom. The average molecular weight is 279 g/mol. The van der Waals surface area contributed by atoms with Crippen LogP contribution in [-0.4, -0.2) is 41.8 Å². The molecule has 0 bridgehead atoms. The van der Waals surface area contributed by atoms with Gasteiger partial charge in [-0.2, -0.15) is 5.10 Å². The fourth-order valence-corrected chi connectivity index (χ4v) is 3.02. The largest absolute Gasteiger partial charge is 0.395 e. The molecule has 17 heavy (non-hydrogen) atoms. The van der Waals surface area contributed by atoms with Crippen LogP contribution in [0.25, 0.3) is 0 Å². The molecule has 0 radical (unpaired) electrons. The van der Waals surface area contributed by atoms with Gasteiger partial charge in [0.25, 0.3) is 0 Å². The topological polar surface area (TPSA) is 81.2 Å². The van der Waals surface area contributed by atoms with E-state index < -0.39 is 10.0 Å². The molecule has 1 aromatic rings. The summed E-state index contributed by atoms with van der Waals surface area (Å²) in [6.07, 6.45) is 4.38. The molecule has 2 rings (SSSR count). The highest BCUT2D eigenvalue weighted by molar-refractivity contribution is 7.88. The molecule has 96 valence electrons. The number of piperidine rings is 1. The summed E-state index contributed by atoms with van der Waals surface area (Å²) in [7, 11) is -3.08. The number of sulfonamides is 1. The van der Waals surface area contributed by atoms with Crippen LogP contribution in [-0.2, 0) is 10.0 Å². The van der Waals surface area contributed by atoms with E-state index in [1.807, 2.05) is 0 Å². The lowest BCUT2D eigenvalue weighted by Crippen LogP contribution is -2.38. The molecule has 0 aliphatic carbocycles. The molecule has 2 N–H and O–H groups in total. The summed E-state index contributed by atoms with van der Waals surface area (Å²) in [5, 5.41) is 4.41. The molecular formula is C9H15ClN4O2S. The predicted molar refractivity (Wildman–Crippen MR) is 66.3 cm³/mol. The van der Waals surface area contributed by atoms with E-state index in [1.54, 1.807) is 10.9 Å². The first-order valence-corrected chi connectivity index (χ1v) is 7.56. The Labute approximate surface area is 105 Å². The zero-order chi connectivity index (χ0) is 12.6. The van der Waals surface area contributed by atoms with Crippen molar-refractivity contribution in [3.05, 3.63) is 11.3 Å². The zero-order valence-corrected chi connectivity index (χ0v) is 11.1. The van der Waals surface area contributed by atoms with Crippen molar-refractivity contribution in [1.29, 1.82) is 0 Å². The van der Waals surface area contributed by atoms with Gasteiger partial charge in [0.1, 0.15) is 0 Å². The molecule has 0 spiro atoms. The van der Waals surface area contributed by atoms with Gasteiger partial charge in [-0.05, 0) is 12.8 Å². The van der Waals surface area contributed by atoms with Crippen molar-refractivity contribution < 1.29 is 8.42 Å². The quantitative estimate of drug-likeness (QED) is 0.864. The van der Waals surface area contributed by atoms with Crippen molar-refractivity contribution in [3.63, 3.8) is 0 Å². The maximum Gasteiger partial charge on any atom is 0.211 e. The summed E-state index contributed by atoms with van der Waals surface area (Å²) in [6, 6.07) is 0.169. The van der Waals surface area contributed by atoms with E-state index in [2.05, 4.69) is 5.10 Å². The molecular weight excluding hydrogens is 264 g/mol. The zero-order valence-electron chi connectivity index (χ0n) is 9.50. The molecule has 0 amide bonds. The van der Waals surface area contributed by atoms with Crippen LogP contribution in [0.5, 0.6) is 0 Å². The number of hydrogen-bond acceptors (Lipinski definition) is 4. The summed E-state index contributed by atoms with van der Waals surface area (Å²) in [6.45, 7) is 1.03. The van der Waals surface area contributed by atoms with E-state index in [9.17, 15) is 8.42 Å². The van der Waals surface area contributed by atoms with Gasteiger partial charge in [0.05, 0.1) is 18.0 Å². The lowest BCUT2D eigenvalue weighted by atomic mass is 10.1. The lowest BCUT2D eigenvalue weighted by Gasteiger charge is -2.30. The summed E-state index contributed by atoms with van der Waals surface area (Å²) in [5.74, 6) is 0. The normalized spacial score (nSPS) is 19.6. The second-order valence-electron chi connectivity index (χ2n) is 4.25. The van der Waals surface area contributed by atoms with Crippen LogP contribution in [0, 0.1) is 0 Å². The molecule has 6 nitrogen and oxygen atoms in total. The smallest absolute Gasteiger partial charge is 0.211 e. The van der Waals surface area contributed by atoms with E-state index in [0.29, 0.717) is 23.9 Å². The summed E-state index contributed by atoms with van der Waals surface area (Å²) >= 11 is 5.79. The maximum atomic E-state index is 11.4. The Balaban J connectivity index is 2.04. The van der Waals surface area contributed by atoms with Crippen molar-refractivity contribution in [1.82, 2.24) is 14.1 Å². The third-order valence-electron chi connectivity index (χ3n) is 2.98. The number of hydrogen-bond donors (Lipinski definition) is 1. The van der Waals surface area contributed by atoms with Gasteiger partial charge in [0.2, 0.25) is 10.0 Å². The van der Waals surface area contributed by atoms with E-state index in [4.69, 9.17) is 17.3 Å². The first-order chi connectivity index (χ1) is 7.88. The molecule has 0 saturated carbocycles. The first kappa shape index (κ1) is 12.7. The Hall–Kier alpha value is -0.790. The highest BCUT2D eigenvalue weighted by Gasteiger charge is 2.26. The fraction of sp³-hybridized carbons (Fsp3) is 0.667. The SMILES string of the molecule is CS(=O)(=O)N1CCC(n2cc(N)c(Cl)n2)CC1. The molecule has 0 aromatic carbocycles. The number of anilines is 1. The van der Waals surface area contributed by atoms with Gasteiger partial charge in [-0.3, -0.25) is 4.68 Å². The van der Waals surface area contributed by atoms with Gasteiger partial charge in [0, 0.05) is 19.3 Å². The summed E-state index contributed by atoms with van der Waals surface area (Å²) in [4.78, 5) is 0. The third-order valence-corrected chi connectivity index (χ3v) is 4.58. The number of halogens is 1. The second-order valence-corrected chi connectivity index (χ2v) is 6.59. The Morgan fingerprint density at radius 1 is 1.47 bits per heavy atom. The highest BCUT2D eigenvalue weighted by Crippen LogP contribution is 2.26. The van der Waals surface area contributed by atoms with Crippen LogP contribution in [0.3, 0.4) is 0 Å². The van der Waals surface area contributed by atoms with Gasteiger partial charge in [0.15, 0.2) is 5.15 Å². The van der Waals surface area contributed by atoms with Crippen LogP contribution >= 0.6 is 11.6 Å². The molecule has 0 atom stereocenters. The highest BCUT2D eigenvalue weighted by atomic mass is 35.5. The molecule has 1 fully saturated rings. The van der Waals surface area contributed by atoms with Crippen molar-refractivity contribution in [3.8, 4) is 0 Å². The monoisotopic (exact) mass is 278 g/mol. The fourth-order valence-electron chi connectivity index (χ4n) is 2.01. The van der Waals surface area contributed by atoms with Gasteiger partial charge in [-0.15, -0.1) is 0 Å². The van der Waals surface area contributed by atoms with E-state index in [0.717, 1.165) is 12.8 Å². The first-order valence-electron chi connectivity index (χ1n) is 5.33. The lowest BCUT2D eigenvalue weighted by molar-refractivity contribution is 0.262. The number of nitrogens with two attached hydrogens (primary N) is 1. The van der Waals surface area contributed by atoms with Gasteiger partial charge >= 0.3 is 0 Å². The summed E-state index contributed by atoms with van der Waals surface area (Å²) < 4.78 is 25.9. The van der Waals surface area contributed by atoms with Crippen molar-refractivity contribution in [2.75, 3.05) is 25.1 Å². The third kappa shape index (κ3) is 2.72. The van der Waals surface area contributed by atoms with E-state index in [-0.39, 0.29) is 6.04 Å². The van der Waals surface area contributed by atoms with Crippen molar-refractivity contribution in [2.24, 2.45) is 0 Å². The number of aromatic nitrogens is 2. The van der Waals surface area contributed by atoms with Crippen LogP contribution in [0.15, 0.2) is 6.20 Å². The van der Waals surface area contributed by atoms with E-state index >= 15 is 0 Å². The minimum absolute atomic E-state index is 0.169. The predicted octanol–water partition coefficient (Wildman–Crippen LogP) is 0.715. The second kappa shape index (κ2) is 4.47. The van der Waals surface area contributed by atoms with Crippen molar-refractivity contribution in [2.45, 2.75) is 18.9 Å². The van der Waals surface area contributed by atoms with Crippen LogP contribution < -0.4 is 5.73 Å². The Bertz CT molecular complexity index is 486. The number of nitrogen functional groups attached to an aromatic ring is 1. The molecule has 1 aliphatic rings. The standard InChI is InChI=1S/C9H15ClN4O2S/c1-17(15,16)13-4-2-7(3-5-13)14-6-8(11)9(10)12-14/h6-7H,2-5,11H2,1H3. The summed E-state index contributed by atoms with van der Waals surface area (Å²) in [5.41, 5.74) is 6.08. The minimum atomic E-state index is -3.08. The molecule has 1 aliphatic heterocycles. The molecule has 2 heterocycles. The van der Waals surface area contributed by atoms with Crippen LogP contribution in [0.4, 0.5) is 5.69 Å². The Morgan fingerprint density at radius 3 is 2.47 bits per heavy atom. The molecule has 1 saturated heterocycles. The van der Waals surface area contributed by atoms with E-state index in [1.165, 1.54) is 10.6 Å². The molecule has 1 aromatic heterocycles. The molecule has 0 unspecified atom stereocenters. The van der Waals surface area contributed by atoms with Crippen LogP contribution in [0.1, 0.15) is 18.9 Å². The van der Waals surface area contributed by atoms with Crippen molar-refractivity contribution >= 4 is 27.3 Å².